The van der Waals surface area contributed by atoms with Crippen LogP contribution in [0.1, 0.15) is 12.5 Å². The third-order valence-corrected chi connectivity index (χ3v) is 3.99. The van der Waals surface area contributed by atoms with Crippen molar-refractivity contribution in [1.82, 2.24) is 5.32 Å². The van der Waals surface area contributed by atoms with E-state index in [2.05, 4.69) is 21.2 Å². The van der Waals surface area contributed by atoms with Crippen LogP contribution in [0.25, 0.3) is 0 Å². The van der Waals surface area contributed by atoms with Gasteiger partial charge in [0.25, 0.3) is 6.43 Å². The highest BCUT2D eigenvalue weighted by molar-refractivity contribution is 9.10. The average Bonchev–Trinajstić information content (AvgIpc) is 2.35. The lowest BCUT2D eigenvalue weighted by Gasteiger charge is -2.41. The fraction of sp³-hybridized carbons (Fsp3) is 0.417. The zero-order valence-electron chi connectivity index (χ0n) is 9.92. The summed E-state index contributed by atoms with van der Waals surface area (Å²) in [5.41, 5.74) is -2.11. The van der Waals surface area contributed by atoms with Crippen LogP contribution in [0.3, 0.4) is 0 Å². The predicted molar refractivity (Wildman–Crippen MR) is 72.9 cm³/mol. The van der Waals surface area contributed by atoms with Crippen molar-refractivity contribution in [2.75, 3.05) is 6.61 Å². The van der Waals surface area contributed by atoms with Gasteiger partial charge in [-0.3, -0.25) is 0 Å². The molecule has 1 aliphatic rings. The molecule has 7 heteroatoms. The molecule has 0 amide bonds. The predicted octanol–water partition coefficient (Wildman–Crippen LogP) is 3.38. The highest BCUT2D eigenvalue weighted by Gasteiger charge is 2.48. The molecule has 0 aliphatic carbocycles. The number of rotatable bonds is 2. The summed E-state index contributed by atoms with van der Waals surface area (Å²) in [6.45, 7) is 1.31. The van der Waals surface area contributed by atoms with Crippen molar-refractivity contribution in [3.05, 3.63) is 34.1 Å². The fourth-order valence-electron chi connectivity index (χ4n) is 1.91. The lowest BCUT2D eigenvalue weighted by molar-refractivity contribution is -0.0514. The Hall–Kier alpha value is -0.660. The zero-order chi connectivity index (χ0) is 14.2. The van der Waals surface area contributed by atoms with E-state index in [1.54, 1.807) is 6.92 Å². The summed E-state index contributed by atoms with van der Waals surface area (Å²) < 4.78 is 46.6. The molecule has 2 unspecified atom stereocenters. The standard InChI is InChI=1S/C12H11BrF3NOS/c1-6-10(19)17-12(5-18-6,11(15)16)8-4-7(13)2-3-9(8)14/h2-4,6,11H,5H2,1H3,(H,17,19). The maximum absolute atomic E-state index is 13.9. The van der Waals surface area contributed by atoms with E-state index in [9.17, 15) is 13.2 Å². The second-order valence-electron chi connectivity index (χ2n) is 4.34. The first-order valence-electron chi connectivity index (χ1n) is 5.54. The molecule has 19 heavy (non-hydrogen) atoms. The maximum atomic E-state index is 13.9. The molecule has 1 aromatic carbocycles. The Morgan fingerprint density at radius 3 is 2.79 bits per heavy atom. The summed E-state index contributed by atoms with van der Waals surface area (Å²) in [5.74, 6) is -0.725. The van der Waals surface area contributed by atoms with Gasteiger partial charge in [-0.1, -0.05) is 28.1 Å². The van der Waals surface area contributed by atoms with Crippen LogP contribution in [-0.4, -0.2) is 24.1 Å². The number of halogens is 4. The molecule has 104 valence electrons. The minimum Gasteiger partial charge on any atom is -0.368 e. The molecule has 0 aromatic heterocycles. The second-order valence-corrected chi connectivity index (χ2v) is 5.69. The molecule has 0 saturated carbocycles. The first-order valence-corrected chi connectivity index (χ1v) is 6.74. The van der Waals surface area contributed by atoms with Crippen molar-refractivity contribution in [2.45, 2.75) is 25.0 Å². The Balaban J connectivity index is 2.51. The Morgan fingerprint density at radius 2 is 2.21 bits per heavy atom. The van der Waals surface area contributed by atoms with Gasteiger partial charge in [-0.05, 0) is 25.1 Å². The first-order chi connectivity index (χ1) is 8.86. The molecule has 0 bridgehead atoms. The van der Waals surface area contributed by atoms with E-state index in [-0.39, 0.29) is 17.2 Å². The molecule has 1 aromatic rings. The maximum Gasteiger partial charge on any atom is 0.267 e. The Morgan fingerprint density at radius 1 is 1.53 bits per heavy atom. The highest BCUT2D eigenvalue weighted by atomic mass is 79.9. The van der Waals surface area contributed by atoms with Gasteiger partial charge in [-0.15, -0.1) is 0 Å². The summed E-state index contributed by atoms with van der Waals surface area (Å²) >= 11 is 8.12. The van der Waals surface area contributed by atoms with E-state index in [0.717, 1.165) is 6.07 Å². The van der Waals surface area contributed by atoms with Crippen LogP contribution in [0.4, 0.5) is 13.2 Å². The van der Waals surface area contributed by atoms with Crippen LogP contribution >= 0.6 is 28.1 Å². The quantitative estimate of drug-likeness (QED) is 0.823. The van der Waals surface area contributed by atoms with E-state index < -0.39 is 23.9 Å². The van der Waals surface area contributed by atoms with Crippen molar-refractivity contribution in [1.29, 1.82) is 0 Å². The number of nitrogens with one attached hydrogen (secondary N) is 1. The molecule has 1 heterocycles. The minimum atomic E-state index is -2.86. The molecule has 2 rings (SSSR count). The van der Waals surface area contributed by atoms with Crippen LogP contribution in [0.2, 0.25) is 0 Å². The van der Waals surface area contributed by atoms with Gasteiger partial charge in [0.15, 0.2) is 5.54 Å². The molecule has 1 saturated heterocycles. The van der Waals surface area contributed by atoms with Crippen LogP contribution in [0, 0.1) is 5.82 Å². The molecular weight excluding hydrogens is 343 g/mol. The van der Waals surface area contributed by atoms with Crippen molar-refractivity contribution in [3.8, 4) is 0 Å². The SMILES string of the molecule is CC1OCC(c2cc(Br)ccc2F)(C(F)F)NC1=S. The van der Waals surface area contributed by atoms with E-state index >= 15 is 0 Å². The fourth-order valence-corrected chi connectivity index (χ4v) is 2.52. The monoisotopic (exact) mass is 353 g/mol. The molecule has 1 aliphatic heterocycles. The molecule has 2 nitrogen and oxygen atoms in total. The van der Waals surface area contributed by atoms with Gasteiger partial charge in [0, 0.05) is 10.0 Å². The molecule has 1 N–H and O–H groups in total. The molecular formula is C12H11BrF3NOS. The van der Waals surface area contributed by atoms with Gasteiger partial charge in [-0.2, -0.15) is 0 Å². The summed E-state index contributed by atoms with van der Waals surface area (Å²) in [7, 11) is 0. The third kappa shape index (κ3) is 2.64. The number of hydrogen-bond donors (Lipinski definition) is 1. The van der Waals surface area contributed by atoms with Crippen molar-refractivity contribution in [2.24, 2.45) is 0 Å². The van der Waals surface area contributed by atoms with Crippen molar-refractivity contribution in [3.63, 3.8) is 0 Å². The number of morpholine rings is 1. The molecule has 0 radical (unpaired) electrons. The van der Waals surface area contributed by atoms with Crippen molar-refractivity contribution < 1.29 is 17.9 Å². The van der Waals surface area contributed by atoms with E-state index in [0.29, 0.717) is 4.47 Å². The molecule has 0 spiro atoms. The first kappa shape index (κ1) is 14.7. The average molecular weight is 354 g/mol. The molecule has 2 atom stereocenters. The number of thiocarbonyl (C=S) groups is 1. The zero-order valence-corrected chi connectivity index (χ0v) is 12.3. The van der Waals surface area contributed by atoms with Crippen LogP contribution < -0.4 is 5.32 Å². The van der Waals surface area contributed by atoms with E-state index in [4.69, 9.17) is 17.0 Å². The van der Waals surface area contributed by atoms with Gasteiger partial charge in [0.2, 0.25) is 0 Å². The van der Waals surface area contributed by atoms with Gasteiger partial charge >= 0.3 is 0 Å². The highest BCUT2D eigenvalue weighted by Crippen LogP contribution is 2.35. The number of alkyl halides is 2. The van der Waals surface area contributed by atoms with E-state index in [1.807, 2.05) is 0 Å². The van der Waals surface area contributed by atoms with Gasteiger partial charge in [0.05, 0.1) is 6.61 Å². The van der Waals surface area contributed by atoms with Gasteiger partial charge < -0.3 is 10.1 Å². The lowest BCUT2D eigenvalue weighted by atomic mass is 9.89. The van der Waals surface area contributed by atoms with Crippen molar-refractivity contribution >= 4 is 33.1 Å². The number of ether oxygens (including phenoxy) is 1. The summed E-state index contributed by atoms with van der Waals surface area (Å²) in [4.78, 5) is 0.144. The summed E-state index contributed by atoms with van der Waals surface area (Å²) in [5, 5.41) is 2.56. The van der Waals surface area contributed by atoms with Crippen LogP contribution in [0.5, 0.6) is 0 Å². The van der Waals surface area contributed by atoms with Crippen LogP contribution in [-0.2, 0) is 10.3 Å². The van der Waals surface area contributed by atoms with Crippen LogP contribution in [0.15, 0.2) is 22.7 Å². The van der Waals surface area contributed by atoms with E-state index in [1.165, 1.54) is 12.1 Å². The lowest BCUT2D eigenvalue weighted by Crippen LogP contribution is -2.61. The topological polar surface area (TPSA) is 21.3 Å². The Bertz CT molecular complexity index is 514. The molecule has 1 fully saturated rings. The van der Waals surface area contributed by atoms with Gasteiger partial charge in [-0.25, -0.2) is 13.2 Å². The second kappa shape index (κ2) is 5.38. The third-order valence-electron chi connectivity index (χ3n) is 3.06. The number of hydrogen-bond acceptors (Lipinski definition) is 2. The summed E-state index contributed by atoms with van der Waals surface area (Å²) in [6, 6.07) is 3.89. The largest absolute Gasteiger partial charge is 0.368 e. The Kier molecular flexibility index (Phi) is 4.17. The smallest absolute Gasteiger partial charge is 0.267 e. The normalized spacial score (nSPS) is 27.5. The minimum absolute atomic E-state index is 0.144. The summed E-state index contributed by atoms with van der Waals surface area (Å²) in [6.07, 6.45) is -3.32. The van der Waals surface area contributed by atoms with Gasteiger partial charge in [0.1, 0.15) is 16.9 Å². The number of benzene rings is 1. The Labute approximate surface area is 122 Å².